The molecule has 2 aromatic carbocycles. The summed E-state index contributed by atoms with van der Waals surface area (Å²) in [5, 5.41) is 8.30. The van der Waals surface area contributed by atoms with Crippen molar-refractivity contribution in [3.8, 4) is 0 Å². The van der Waals surface area contributed by atoms with Gasteiger partial charge in [0.25, 0.3) is 11.8 Å². The Bertz CT molecular complexity index is 1230. The van der Waals surface area contributed by atoms with E-state index in [1.165, 1.54) is 0 Å². The number of furan rings is 1. The molecule has 0 spiro atoms. The summed E-state index contributed by atoms with van der Waals surface area (Å²) in [6, 6.07) is 11.9. The summed E-state index contributed by atoms with van der Waals surface area (Å²) in [5.74, 6) is 0.234. The lowest BCUT2D eigenvalue weighted by atomic mass is 9.93. The fourth-order valence-electron chi connectivity index (χ4n) is 3.69. The summed E-state index contributed by atoms with van der Waals surface area (Å²) in [6.45, 7) is 3.71. The van der Waals surface area contributed by atoms with Crippen LogP contribution in [-0.2, 0) is 6.42 Å². The van der Waals surface area contributed by atoms with E-state index in [1.54, 1.807) is 36.4 Å². The molecule has 0 fully saturated rings. The first kappa shape index (κ1) is 22.1. The minimum atomic E-state index is -0.355. The van der Waals surface area contributed by atoms with Crippen LogP contribution in [0.1, 0.15) is 56.2 Å². The van der Waals surface area contributed by atoms with Crippen LogP contribution in [0.2, 0.25) is 10.0 Å². The summed E-state index contributed by atoms with van der Waals surface area (Å²) in [4.78, 5) is 25.3. The van der Waals surface area contributed by atoms with Gasteiger partial charge in [0, 0.05) is 38.8 Å². The van der Waals surface area contributed by atoms with Crippen molar-refractivity contribution in [2.45, 2.75) is 33.1 Å². The number of halogens is 2. The van der Waals surface area contributed by atoms with Crippen molar-refractivity contribution in [3.05, 3.63) is 86.3 Å². The number of hydrogen-bond acceptors (Lipinski definition) is 4. The summed E-state index contributed by atoms with van der Waals surface area (Å²) in [5.41, 5.74) is 6.73. The van der Waals surface area contributed by atoms with Gasteiger partial charge in [-0.15, -0.1) is 0 Å². The Morgan fingerprint density at radius 3 is 2.44 bits per heavy atom. The van der Waals surface area contributed by atoms with Crippen LogP contribution in [0.5, 0.6) is 0 Å². The average molecular weight is 470 g/mol. The standard InChI is InChI=1S/C24H21Cl2N3O3/c1-13-6-9-17(26)12-19(13)27-24(31)22-14(2)21-18(4-3-5-20(21)32-22)28-29-23(30)15-7-10-16(25)11-8-15/h6-12H,3-5H2,1-2H3,(H,27,31)(H,29,30)/b28-18+. The maximum atomic E-state index is 12.9. The zero-order valence-electron chi connectivity index (χ0n) is 17.6. The van der Waals surface area contributed by atoms with Crippen LogP contribution in [0.25, 0.3) is 0 Å². The van der Waals surface area contributed by atoms with Gasteiger partial charge < -0.3 is 9.73 Å². The normalized spacial score (nSPS) is 14.2. The van der Waals surface area contributed by atoms with Crippen molar-refractivity contribution < 1.29 is 14.0 Å². The number of hydrazone groups is 1. The number of aryl methyl sites for hydroxylation is 2. The van der Waals surface area contributed by atoms with Crippen molar-refractivity contribution in [1.29, 1.82) is 0 Å². The number of amides is 2. The first-order valence-electron chi connectivity index (χ1n) is 10.2. The van der Waals surface area contributed by atoms with Crippen molar-refractivity contribution in [2.24, 2.45) is 5.10 Å². The minimum Gasteiger partial charge on any atom is -0.455 e. The molecule has 164 valence electrons. The van der Waals surface area contributed by atoms with Crippen molar-refractivity contribution in [3.63, 3.8) is 0 Å². The van der Waals surface area contributed by atoms with Gasteiger partial charge in [-0.1, -0.05) is 29.3 Å². The minimum absolute atomic E-state index is 0.230. The van der Waals surface area contributed by atoms with Gasteiger partial charge in [0.05, 0.1) is 5.71 Å². The number of carbonyl (C=O) groups is 2. The molecule has 3 aromatic rings. The van der Waals surface area contributed by atoms with Crippen LogP contribution in [0.3, 0.4) is 0 Å². The molecule has 32 heavy (non-hydrogen) atoms. The van der Waals surface area contributed by atoms with Crippen LogP contribution in [0.4, 0.5) is 5.69 Å². The smallest absolute Gasteiger partial charge is 0.291 e. The highest BCUT2D eigenvalue weighted by molar-refractivity contribution is 6.31. The monoisotopic (exact) mass is 469 g/mol. The largest absolute Gasteiger partial charge is 0.455 e. The molecule has 1 aliphatic rings. The van der Waals surface area contributed by atoms with E-state index in [2.05, 4.69) is 15.8 Å². The maximum Gasteiger partial charge on any atom is 0.291 e. The van der Waals surface area contributed by atoms with Gasteiger partial charge in [-0.05, 0) is 68.7 Å². The third-order valence-electron chi connectivity index (χ3n) is 5.38. The van der Waals surface area contributed by atoms with E-state index in [0.717, 1.165) is 17.5 Å². The zero-order valence-corrected chi connectivity index (χ0v) is 19.1. The second kappa shape index (κ2) is 9.18. The van der Waals surface area contributed by atoms with E-state index in [0.29, 0.717) is 51.2 Å². The van der Waals surface area contributed by atoms with Gasteiger partial charge >= 0.3 is 0 Å². The van der Waals surface area contributed by atoms with Gasteiger partial charge in [-0.2, -0.15) is 5.10 Å². The lowest BCUT2D eigenvalue weighted by Crippen LogP contribution is -2.22. The second-order valence-corrected chi connectivity index (χ2v) is 8.50. The Hall–Kier alpha value is -3.09. The van der Waals surface area contributed by atoms with E-state index >= 15 is 0 Å². The molecular formula is C24H21Cl2N3O3. The molecule has 0 unspecified atom stereocenters. The first-order chi connectivity index (χ1) is 15.3. The molecule has 1 heterocycles. The van der Waals surface area contributed by atoms with Gasteiger partial charge in [-0.25, -0.2) is 5.43 Å². The van der Waals surface area contributed by atoms with E-state index in [-0.39, 0.29) is 17.6 Å². The van der Waals surface area contributed by atoms with Crippen LogP contribution < -0.4 is 10.7 Å². The average Bonchev–Trinajstić information content (AvgIpc) is 3.12. The number of nitrogens with zero attached hydrogens (tertiary/aromatic N) is 1. The number of benzene rings is 2. The second-order valence-electron chi connectivity index (χ2n) is 7.63. The van der Waals surface area contributed by atoms with Crippen molar-refractivity contribution in [1.82, 2.24) is 5.43 Å². The molecule has 0 saturated carbocycles. The summed E-state index contributed by atoms with van der Waals surface area (Å²) >= 11 is 11.9. The van der Waals surface area contributed by atoms with E-state index in [1.807, 2.05) is 19.9 Å². The maximum absolute atomic E-state index is 12.9. The fraction of sp³-hybridized carbons (Fsp3) is 0.208. The molecule has 0 saturated heterocycles. The SMILES string of the molecule is Cc1ccc(Cl)cc1NC(=O)c1oc2c(c1C)/C(=N/NC(=O)c1ccc(Cl)cc1)CCC2. The van der Waals surface area contributed by atoms with Crippen LogP contribution in [0, 0.1) is 13.8 Å². The van der Waals surface area contributed by atoms with Gasteiger partial charge in [0.1, 0.15) is 5.76 Å². The Morgan fingerprint density at radius 2 is 1.69 bits per heavy atom. The Morgan fingerprint density at radius 1 is 0.969 bits per heavy atom. The van der Waals surface area contributed by atoms with Crippen molar-refractivity contribution >= 4 is 46.4 Å². The van der Waals surface area contributed by atoms with Gasteiger partial charge in [-0.3, -0.25) is 9.59 Å². The van der Waals surface area contributed by atoms with E-state index in [4.69, 9.17) is 27.6 Å². The number of hydrogen-bond donors (Lipinski definition) is 2. The lowest BCUT2D eigenvalue weighted by molar-refractivity contribution is 0.0953. The highest BCUT2D eigenvalue weighted by atomic mass is 35.5. The molecule has 0 bridgehead atoms. The quantitative estimate of drug-likeness (QED) is 0.464. The highest BCUT2D eigenvalue weighted by Gasteiger charge is 2.28. The fourth-order valence-corrected chi connectivity index (χ4v) is 3.99. The Labute approximate surface area is 195 Å². The molecule has 0 aliphatic heterocycles. The molecule has 8 heteroatoms. The third-order valence-corrected chi connectivity index (χ3v) is 5.87. The molecule has 4 rings (SSSR count). The number of rotatable bonds is 4. The lowest BCUT2D eigenvalue weighted by Gasteiger charge is -2.13. The Balaban J connectivity index is 1.57. The van der Waals surface area contributed by atoms with Crippen LogP contribution in [-0.4, -0.2) is 17.5 Å². The number of carbonyl (C=O) groups excluding carboxylic acids is 2. The molecule has 2 amide bonds. The molecule has 0 atom stereocenters. The summed E-state index contributed by atoms with van der Waals surface area (Å²) in [6.07, 6.45) is 2.18. The molecule has 1 aromatic heterocycles. The molecule has 2 N–H and O–H groups in total. The first-order valence-corrected chi connectivity index (χ1v) is 10.9. The third kappa shape index (κ3) is 4.56. The predicted molar refractivity (Wildman–Crippen MR) is 126 cm³/mol. The zero-order chi connectivity index (χ0) is 22.8. The summed E-state index contributed by atoms with van der Waals surface area (Å²) < 4.78 is 5.92. The number of anilines is 1. The highest BCUT2D eigenvalue weighted by Crippen LogP contribution is 2.31. The predicted octanol–water partition coefficient (Wildman–Crippen LogP) is 5.93. The molecule has 6 nitrogen and oxygen atoms in total. The number of nitrogens with one attached hydrogen (secondary N) is 2. The Kier molecular flexibility index (Phi) is 6.35. The van der Waals surface area contributed by atoms with Crippen LogP contribution in [0.15, 0.2) is 52.0 Å². The van der Waals surface area contributed by atoms with Crippen molar-refractivity contribution in [2.75, 3.05) is 5.32 Å². The van der Waals surface area contributed by atoms with E-state index in [9.17, 15) is 9.59 Å². The van der Waals surface area contributed by atoms with Crippen LogP contribution >= 0.6 is 23.2 Å². The molecule has 1 aliphatic carbocycles. The molecule has 0 radical (unpaired) electrons. The van der Waals surface area contributed by atoms with Gasteiger partial charge in [0.15, 0.2) is 5.76 Å². The molecular weight excluding hydrogens is 449 g/mol. The van der Waals surface area contributed by atoms with Gasteiger partial charge in [0.2, 0.25) is 0 Å². The van der Waals surface area contributed by atoms with E-state index < -0.39 is 0 Å². The topological polar surface area (TPSA) is 83.7 Å². The summed E-state index contributed by atoms with van der Waals surface area (Å²) in [7, 11) is 0. The number of fused-ring (bicyclic) bond motifs is 1.